The fourth-order valence-corrected chi connectivity index (χ4v) is 7.83. The molecule has 0 bridgehead atoms. The molecule has 1 saturated carbocycles. The van der Waals surface area contributed by atoms with Gasteiger partial charge in [0.2, 0.25) is 11.8 Å². The highest BCUT2D eigenvalue weighted by Crippen LogP contribution is 2.37. The van der Waals surface area contributed by atoms with E-state index in [4.69, 9.17) is 4.74 Å². The zero-order valence-corrected chi connectivity index (χ0v) is 28.8. The van der Waals surface area contributed by atoms with Crippen LogP contribution in [0.25, 0.3) is 0 Å². The van der Waals surface area contributed by atoms with Crippen molar-refractivity contribution in [3.63, 3.8) is 0 Å². The number of fused-ring (bicyclic) bond motifs is 1. The Kier molecular flexibility index (Phi) is 8.63. The Morgan fingerprint density at radius 1 is 0.827 bits per heavy atom. The van der Waals surface area contributed by atoms with E-state index in [9.17, 15) is 28.8 Å². The Hall–Kier alpha value is -5.73. The van der Waals surface area contributed by atoms with Crippen LogP contribution in [-0.4, -0.2) is 107 Å². The number of benzene rings is 2. The van der Waals surface area contributed by atoms with E-state index in [1.54, 1.807) is 29.2 Å². The topological polar surface area (TPSA) is 177 Å². The van der Waals surface area contributed by atoms with E-state index in [-0.39, 0.29) is 54.0 Å². The summed E-state index contributed by atoms with van der Waals surface area (Å²) in [6.45, 7) is 5.52. The standard InChI is InChI=1S/C37H40N8O7/c1-21-12-13-44(21)37(51)52-26-8-4-23(18-26)29-20-31(41-40-29)38-33(47)22-2-5-24(6-3-22)42-14-16-43(17-15-42)25-7-9-27-28(19-25)36(50)45(35(27)49)30-10-11-32(46)39-34(30)48/h2-3,5-7,9,19-21,23,26,30H,4,8,10-18H2,1H3,(H,39,46,48)(H2,38,40,41,47)/t21-,23+,26-,30?/m0/s1. The van der Waals surface area contributed by atoms with Crippen LogP contribution in [-0.2, 0) is 14.3 Å². The number of rotatable bonds is 7. The lowest BCUT2D eigenvalue weighted by Crippen LogP contribution is -2.54. The molecule has 5 heterocycles. The van der Waals surface area contributed by atoms with Crippen LogP contribution in [0.3, 0.4) is 0 Å². The predicted molar refractivity (Wildman–Crippen MR) is 188 cm³/mol. The number of carbonyl (C=O) groups excluding carboxylic acids is 6. The van der Waals surface area contributed by atoms with E-state index >= 15 is 0 Å². The minimum Gasteiger partial charge on any atom is -0.446 e. The van der Waals surface area contributed by atoms with Crippen molar-refractivity contribution in [3.05, 3.63) is 70.9 Å². The summed E-state index contributed by atoms with van der Waals surface area (Å²) in [6.07, 6.45) is 3.24. The number of ether oxygens (including phenoxy) is 1. The molecule has 4 aliphatic heterocycles. The van der Waals surface area contributed by atoms with Crippen LogP contribution in [0.1, 0.15) is 88.1 Å². The second-order valence-corrected chi connectivity index (χ2v) is 14.2. The summed E-state index contributed by atoms with van der Waals surface area (Å²) in [5.41, 5.74) is 3.72. The van der Waals surface area contributed by atoms with Crippen LogP contribution in [0.2, 0.25) is 0 Å². The maximum absolute atomic E-state index is 13.3. The van der Waals surface area contributed by atoms with Crippen molar-refractivity contribution in [2.75, 3.05) is 47.8 Å². The number of carbonyl (C=O) groups is 6. The third kappa shape index (κ3) is 6.24. The van der Waals surface area contributed by atoms with Gasteiger partial charge in [-0.25, -0.2) is 4.79 Å². The van der Waals surface area contributed by atoms with Crippen LogP contribution in [0.15, 0.2) is 48.5 Å². The number of nitrogens with zero attached hydrogens (tertiary/aromatic N) is 5. The van der Waals surface area contributed by atoms with Gasteiger partial charge < -0.3 is 24.8 Å². The molecule has 1 unspecified atom stereocenters. The number of likely N-dealkylation sites (tertiary alicyclic amines) is 1. The summed E-state index contributed by atoms with van der Waals surface area (Å²) >= 11 is 0. The third-order valence-corrected chi connectivity index (χ3v) is 11.0. The van der Waals surface area contributed by atoms with Crippen molar-refractivity contribution >= 4 is 52.8 Å². The van der Waals surface area contributed by atoms with Crippen molar-refractivity contribution in [2.45, 2.75) is 69.6 Å². The number of aromatic nitrogens is 2. The van der Waals surface area contributed by atoms with E-state index in [0.717, 1.165) is 54.2 Å². The molecule has 0 radical (unpaired) electrons. The van der Waals surface area contributed by atoms with Crippen molar-refractivity contribution in [1.29, 1.82) is 0 Å². The van der Waals surface area contributed by atoms with Crippen LogP contribution in [0.4, 0.5) is 22.0 Å². The Morgan fingerprint density at radius 3 is 2.23 bits per heavy atom. The first kappa shape index (κ1) is 33.4. The van der Waals surface area contributed by atoms with E-state index in [1.165, 1.54) is 0 Å². The highest BCUT2D eigenvalue weighted by atomic mass is 16.6. The molecular weight excluding hydrogens is 668 g/mol. The fraction of sp³-hybridized carbons (Fsp3) is 0.432. The average molecular weight is 709 g/mol. The van der Waals surface area contributed by atoms with Gasteiger partial charge in [-0.15, -0.1) is 0 Å². The summed E-state index contributed by atoms with van der Waals surface area (Å²) in [6, 6.07) is 13.7. The average Bonchev–Trinajstić information content (AvgIpc) is 3.86. The minimum atomic E-state index is -0.998. The molecule has 6 amide bonds. The maximum Gasteiger partial charge on any atom is 0.410 e. The molecule has 2 aromatic carbocycles. The van der Waals surface area contributed by atoms with Gasteiger partial charge >= 0.3 is 6.09 Å². The SMILES string of the molecule is C[C@H]1CCN1C(=O)O[C@H]1CC[C@@H](c2cc(NC(=O)c3ccc(N4CCN(c5ccc6c(c5)C(=O)N(C5CCC(=O)NC5=O)C6=O)CC4)cc3)n[nH]2)C1. The van der Waals surface area contributed by atoms with Crippen LogP contribution in [0, 0.1) is 0 Å². The Labute approximate surface area is 299 Å². The number of anilines is 3. The molecule has 1 aromatic heterocycles. The molecule has 3 N–H and O–H groups in total. The first-order valence-corrected chi connectivity index (χ1v) is 17.9. The first-order chi connectivity index (χ1) is 25.1. The van der Waals surface area contributed by atoms with Gasteiger partial charge in [0.05, 0.1) is 11.1 Å². The van der Waals surface area contributed by atoms with Crippen LogP contribution in [0.5, 0.6) is 0 Å². The van der Waals surface area contributed by atoms with Gasteiger partial charge in [-0.3, -0.25) is 39.3 Å². The van der Waals surface area contributed by atoms with Gasteiger partial charge in [-0.2, -0.15) is 5.10 Å². The monoisotopic (exact) mass is 708 g/mol. The van der Waals surface area contributed by atoms with Gasteiger partial charge in [-0.1, -0.05) is 0 Å². The number of aromatic amines is 1. The molecule has 5 aliphatic rings. The highest BCUT2D eigenvalue weighted by Gasteiger charge is 2.45. The zero-order valence-electron chi connectivity index (χ0n) is 28.8. The molecule has 0 spiro atoms. The lowest BCUT2D eigenvalue weighted by molar-refractivity contribution is -0.136. The Morgan fingerprint density at radius 2 is 1.54 bits per heavy atom. The van der Waals surface area contributed by atoms with Crippen molar-refractivity contribution in [3.8, 4) is 0 Å². The Balaban J connectivity index is 0.827. The van der Waals surface area contributed by atoms with E-state index in [2.05, 4.69) is 30.6 Å². The van der Waals surface area contributed by atoms with Gasteiger partial charge in [-0.05, 0) is 81.5 Å². The van der Waals surface area contributed by atoms with Crippen LogP contribution >= 0.6 is 0 Å². The molecule has 4 atom stereocenters. The Bertz CT molecular complexity index is 1950. The van der Waals surface area contributed by atoms with Gasteiger partial charge in [0.15, 0.2) is 5.82 Å². The van der Waals surface area contributed by atoms with E-state index in [1.807, 2.05) is 31.2 Å². The normalized spacial score (nSPS) is 24.5. The maximum atomic E-state index is 13.3. The third-order valence-electron chi connectivity index (χ3n) is 11.0. The lowest BCUT2D eigenvalue weighted by Gasteiger charge is -2.38. The highest BCUT2D eigenvalue weighted by molar-refractivity contribution is 6.23. The summed E-state index contributed by atoms with van der Waals surface area (Å²) in [7, 11) is 0. The zero-order chi connectivity index (χ0) is 36.1. The molecule has 3 saturated heterocycles. The molecule has 15 heteroatoms. The summed E-state index contributed by atoms with van der Waals surface area (Å²) in [5.74, 6) is -1.73. The fourth-order valence-electron chi connectivity index (χ4n) is 7.83. The molecular formula is C37H40N8O7. The molecule has 15 nitrogen and oxygen atoms in total. The number of piperidine rings is 1. The van der Waals surface area contributed by atoms with Gasteiger partial charge in [0.1, 0.15) is 12.1 Å². The summed E-state index contributed by atoms with van der Waals surface area (Å²) in [5, 5.41) is 12.4. The quantitative estimate of drug-likeness (QED) is 0.309. The van der Waals surface area contributed by atoms with Crippen LogP contribution < -0.4 is 20.4 Å². The van der Waals surface area contributed by atoms with Crippen molar-refractivity contribution in [1.82, 2.24) is 25.3 Å². The van der Waals surface area contributed by atoms with Crippen molar-refractivity contribution in [2.24, 2.45) is 0 Å². The number of nitrogens with one attached hydrogen (secondary N) is 3. The van der Waals surface area contributed by atoms with Crippen molar-refractivity contribution < 1.29 is 33.5 Å². The smallest absolute Gasteiger partial charge is 0.410 e. The van der Waals surface area contributed by atoms with Gasteiger partial charge in [0.25, 0.3) is 17.7 Å². The van der Waals surface area contributed by atoms with E-state index < -0.39 is 29.7 Å². The van der Waals surface area contributed by atoms with E-state index in [0.29, 0.717) is 37.6 Å². The number of imide groups is 2. The van der Waals surface area contributed by atoms with Gasteiger partial charge in [0, 0.05) is 79.8 Å². The molecule has 1 aliphatic carbocycles. The minimum absolute atomic E-state index is 0.0730. The number of H-pyrrole nitrogens is 1. The molecule has 270 valence electrons. The molecule has 4 fully saturated rings. The molecule has 3 aromatic rings. The number of amides is 6. The largest absolute Gasteiger partial charge is 0.446 e. The lowest BCUT2D eigenvalue weighted by atomic mass is 10.0. The first-order valence-electron chi connectivity index (χ1n) is 17.9. The second-order valence-electron chi connectivity index (χ2n) is 14.2. The number of hydrogen-bond donors (Lipinski definition) is 3. The molecule has 8 rings (SSSR count). The predicted octanol–water partition coefficient (Wildman–Crippen LogP) is 3.26. The second kappa shape index (κ2) is 13.4. The summed E-state index contributed by atoms with van der Waals surface area (Å²) in [4.78, 5) is 82.9. The number of hydrogen-bond acceptors (Lipinski definition) is 10. The molecule has 52 heavy (non-hydrogen) atoms. The summed E-state index contributed by atoms with van der Waals surface area (Å²) < 4.78 is 5.73. The number of piperazine rings is 1.